The van der Waals surface area contributed by atoms with Crippen LogP contribution in [0.3, 0.4) is 0 Å². The zero-order valence-electron chi connectivity index (χ0n) is 17.7. The van der Waals surface area contributed by atoms with Gasteiger partial charge in [-0.15, -0.1) is 0 Å². The third-order valence-corrected chi connectivity index (χ3v) is 7.97. The number of ether oxygens (including phenoxy) is 2. The summed E-state index contributed by atoms with van der Waals surface area (Å²) in [5.41, 5.74) is 2.07. The third kappa shape index (κ3) is 4.40. The van der Waals surface area contributed by atoms with Crippen molar-refractivity contribution in [3.8, 4) is 5.75 Å². The van der Waals surface area contributed by atoms with Gasteiger partial charge in [-0.05, 0) is 62.8 Å². The Labute approximate surface area is 173 Å². The van der Waals surface area contributed by atoms with E-state index in [0.717, 1.165) is 24.0 Å². The molecule has 0 radical (unpaired) electrons. The number of fused-ring (bicyclic) bond motifs is 1. The van der Waals surface area contributed by atoms with Crippen molar-refractivity contribution in [2.75, 3.05) is 13.5 Å². The molecule has 29 heavy (non-hydrogen) atoms. The van der Waals surface area contributed by atoms with Crippen LogP contribution in [-0.2, 0) is 18.8 Å². The second kappa shape index (κ2) is 8.05. The number of methoxy groups -OCH3 is 1. The molecule has 160 valence electrons. The van der Waals surface area contributed by atoms with Crippen LogP contribution in [0.1, 0.15) is 69.4 Å². The largest absolute Gasteiger partial charge is 0.462 e. The molecule has 1 aliphatic heterocycles. The van der Waals surface area contributed by atoms with Gasteiger partial charge in [0.15, 0.2) is 0 Å². The number of rotatable bonds is 7. The second-order valence-corrected chi connectivity index (χ2v) is 11.1. The molecule has 0 spiro atoms. The van der Waals surface area contributed by atoms with Gasteiger partial charge in [0.25, 0.3) is 0 Å². The van der Waals surface area contributed by atoms with Crippen molar-refractivity contribution in [1.82, 2.24) is 5.09 Å². The minimum absolute atomic E-state index is 0.0958. The van der Waals surface area contributed by atoms with Crippen LogP contribution in [0.4, 0.5) is 0 Å². The van der Waals surface area contributed by atoms with Crippen molar-refractivity contribution in [2.45, 2.75) is 70.4 Å². The zero-order valence-corrected chi connectivity index (χ0v) is 18.6. The molecule has 1 aromatic rings. The zero-order chi connectivity index (χ0) is 20.8. The van der Waals surface area contributed by atoms with E-state index in [1.165, 1.54) is 20.0 Å². The van der Waals surface area contributed by atoms with Crippen molar-refractivity contribution in [2.24, 2.45) is 11.8 Å². The number of benzene rings is 1. The van der Waals surface area contributed by atoms with Crippen LogP contribution >= 0.6 is 7.52 Å². The molecule has 7 heteroatoms. The average Bonchev–Trinajstić information content (AvgIpc) is 3.54. The summed E-state index contributed by atoms with van der Waals surface area (Å²) in [6.45, 7) is 5.87. The van der Waals surface area contributed by atoms with Gasteiger partial charge in [0.05, 0.1) is 6.10 Å². The summed E-state index contributed by atoms with van der Waals surface area (Å²) in [5.74, 6) is 1.54. The Kier molecular flexibility index (Phi) is 5.80. The Morgan fingerprint density at radius 2 is 1.97 bits per heavy atom. The van der Waals surface area contributed by atoms with E-state index in [-0.39, 0.29) is 24.3 Å². The van der Waals surface area contributed by atoms with Gasteiger partial charge >= 0.3 is 13.5 Å². The number of nitrogens with one attached hydrogen (secondary N) is 1. The number of hydrogen-bond donors (Lipinski definition) is 1. The van der Waals surface area contributed by atoms with E-state index >= 15 is 0 Å². The Bertz CT molecular complexity index is 817. The number of para-hydroxylation sites is 1. The lowest BCUT2D eigenvalue weighted by Gasteiger charge is -2.26. The molecule has 3 aliphatic rings. The normalized spacial score (nSPS) is 30.2. The van der Waals surface area contributed by atoms with E-state index in [1.54, 1.807) is 0 Å². The molecule has 2 fully saturated rings. The molecule has 0 aromatic heterocycles. The van der Waals surface area contributed by atoms with Crippen molar-refractivity contribution in [3.63, 3.8) is 0 Å². The number of esters is 1. The van der Waals surface area contributed by atoms with Gasteiger partial charge in [0.2, 0.25) is 0 Å². The van der Waals surface area contributed by atoms with E-state index in [2.05, 4.69) is 18.1 Å². The maximum Gasteiger partial charge on any atom is 0.342 e. The summed E-state index contributed by atoms with van der Waals surface area (Å²) in [4.78, 5) is 13.0. The lowest BCUT2D eigenvalue weighted by atomic mass is 9.83. The molecular weight excluding hydrogens is 389 g/mol. The van der Waals surface area contributed by atoms with Gasteiger partial charge in [-0.25, -0.2) is 5.09 Å². The van der Waals surface area contributed by atoms with Gasteiger partial charge in [-0.3, -0.25) is 9.36 Å². The van der Waals surface area contributed by atoms with Gasteiger partial charge in [-0.1, -0.05) is 25.1 Å². The monoisotopic (exact) mass is 421 g/mol. The SMILES string of the molecule is COCP1(=O)N[C@H](C(=O)OC(C)C)C(C2CC2)c2cccc([C@H](C)C3CC3)c2O1. The average molecular weight is 421 g/mol. The third-order valence-electron chi connectivity index (χ3n) is 6.22. The van der Waals surface area contributed by atoms with Crippen molar-refractivity contribution in [1.29, 1.82) is 0 Å². The van der Waals surface area contributed by atoms with Gasteiger partial charge in [-0.2, -0.15) is 0 Å². The van der Waals surface area contributed by atoms with Crippen molar-refractivity contribution in [3.05, 3.63) is 29.3 Å². The lowest BCUT2D eigenvalue weighted by molar-refractivity contribution is -0.150. The Morgan fingerprint density at radius 1 is 1.24 bits per heavy atom. The first kappa shape index (κ1) is 20.9. The minimum Gasteiger partial charge on any atom is -0.462 e. The molecule has 0 saturated heterocycles. The van der Waals surface area contributed by atoms with Crippen LogP contribution in [0.2, 0.25) is 0 Å². The first-order chi connectivity index (χ1) is 13.8. The van der Waals surface area contributed by atoms with Crippen LogP contribution in [0, 0.1) is 11.8 Å². The topological polar surface area (TPSA) is 73.9 Å². The fourth-order valence-electron chi connectivity index (χ4n) is 4.52. The van der Waals surface area contributed by atoms with Gasteiger partial charge in [0, 0.05) is 18.6 Å². The van der Waals surface area contributed by atoms with E-state index in [4.69, 9.17) is 14.0 Å². The fourth-order valence-corrected chi connectivity index (χ4v) is 6.23. The molecule has 2 saturated carbocycles. The molecule has 1 heterocycles. The lowest BCUT2D eigenvalue weighted by Crippen LogP contribution is -2.42. The highest BCUT2D eigenvalue weighted by Gasteiger charge is 2.49. The van der Waals surface area contributed by atoms with Gasteiger partial charge < -0.3 is 14.0 Å². The first-order valence-electron chi connectivity index (χ1n) is 10.7. The molecule has 1 N–H and O–H groups in total. The van der Waals surface area contributed by atoms with Crippen LogP contribution < -0.4 is 9.61 Å². The van der Waals surface area contributed by atoms with Crippen LogP contribution in [0.25, 0.3) is 0 Å². The standard InChI is InChI=1S/C22H32NO5P/c1-13(2)27-22(24)20-19(16-10-11-16)18-7-5-6-17(14(3)15-8-9-15)21(18)28-29(25,23-20)12-26-4/h5-7,13-16,19-20H,8-12H2,1-4H3,(H,23,25)/t14-,19?,20+,29?/m1/s1. The molecule has 0 amide bonds. The molecule has 4 atom stereocenters. The maximum absolute atomic E-state index is 13.7. The summed E-state index contributed by atoms with van der Waals surface area (Å²) in [6, 6.07) is 5.44. The van der Waals surface area contributed by atoms with E-state index < -0.39 is 13.6 Å². The number of hydrogen-bond acceptors (Lipinski definition) is 5. The maximum atomic E-state index is 13.7. The van der Waals surface area contributed by atoms with E-state index in [9.17, 15) is 9.36 Å². The van der Waals surface area contributed by atoms with Crippen LogP contribution in [0.5, 0.6) is 5.75 Å². The fraction of sp³-hybridized carbons (Fsp3) is 0.682. The highest BCUT2D eigenvalue weighted by molar-refractivity contribution is 7.57. The molecule has 6 nitrogen and oxygen atoms in total. The minimum atomic E-state index is -3.44. The highest BCUT2D eigenvalue weighted by atomic mass is 31.2. The molecular formula is C22H32NO5P. The molecule has 1 aromatic carbocycles. The number of carbonyl (C=O) groups is 1. The van der Waals surface area contributed by atoms with Gasteiger partial charge in [0.1, 0.15) is 18.1 Å². The van der Waals surface area contributed by atoms with Crippen LogP contribution in [-0.4, -0.2) is 31.6 Å². The van der Waals surface area contributed by atoms with E-state index in [0.29, 0.717) is 23.5 Å². The van der Waals surface area contributed by atoms with Crippen molar-refractivity contribution >= 4 is 13.5 Å². The number of carbonyl (C=O) groups excluding carboxylic acids is 1. The first-order valence-corrected chi connectivity index (χ1v) is 12.5. The summed E-state index contributed by atoms with van der Waals surface area (Å²) < 4.78 is 30.7. The van der Waals surface area contributed by atoms with E-state index in [1.807, 2.05) is 26.0 Å². The molecule has 2 unspecified atom stereocenters. The summed E-state index contributed by atoms with van der Waals surface area (Å²) >= 11 is 0. The van der Waals surface area contributed by atoms with Crippen LogP contribution in [0.15, 0.2) is 18.2 Å². The summed E-state index contributed by atoms with van der Waals surface area (Å²) in [6.07, 6.45) is 4.20. The Morgan fingerprint density at radius 3 is 2.55 bits per heavy atom. The molecule has 4 rings (SSSR count). The summed E-state index contributed by atoms with van der Waals surface area (Å²) in [7, 11) is -1.95. The predicted molar refractivity (Wildman–Crippen MR) is 111 cm³/mol. The Hall–Kier alpha value is -1.36. The second-order valence-electron chi connectivity index (χ2n) is 9.03. The predicted octanol–water partition coefficient (Wildman–Crippen LogP) is 4.79. The quantitative estimate of drug-likeness (QED) is 0.504. The molecule has 2 aliphatic carbocycles. The van der Waals surface area contributed by atoms with Crippen molar-refractivity contribution < 1.29 is 23.4 Å². The smallest absolute Gasteiger partial charge is 0.342 e. The summed E-state index contributed by atoms with van der Waals surface area (Å²) in [5, 5.41) is 3.06. The molecule has 0 bridgehead atoms. The Balaban J connectivity index is 1.82. The highest BCUT2D eigenvalue weighted by Crippen LogP contribution is 2.58.